The van der Waals surface area contributed by atoms with Crippen LogP contribution in [-0.4, -0.2) is 0 Å². The maximum Gasteiger partial charge on any atom is 0.151 e. The van der Waals surface area contributed by atoms with Gasteiger partial charge in [0.15, 0.2) is 11.6 Å². The van der Waals surface area contributed by atoms with Crippen LogP contribution in [0.5, 0.6) is 0 Å². The molecule has 0 aromatic heterocycles. The van der Waals surface area contributed by atoms with Crippen molar-refractivity contribution in [1.29, 1.82) is 0 Å². The average molecular weight is 262 g/mol. The first-order valence-corrected chi connectivity index (χ1v) is 6.21. The first-order valence-electron chi connectivity index (χ1n) is 6.21. The van der Waals surface area contributed by atoms with E-state index in [0.717, 1.165) is 30.5 Å². The van der Waals surface area contributed by atoms with E-state index < -0.39 is 11.6 Å². The molecule has 0 amide bonds. The summed E-state index contributed by atoms with van der Waals surface area (Å²) in [6.07, 6.45) is 1.81. The maximum atomic E-state index is 13.7. The number of rotatable bonds is 4. The van der Waals surface area contributed by atoms with E-state index in [2.05, 4.69) is 12.2 Å². The third-order valence-corrected chi connectivity index (χ3v) is 2.86. The molecule has 2 aromatic carbocycles. The maximum absolute atomic E-state index is 13.7. The van der Waals surface area contributed by atoms with Crippen LogP contribution in [0.4, 0.5) is 25.8 Å². The predicted molar refractivity (Wildman–Crippen MR) is 74.5 cm³/mol. The van der Waals surface area contributed by atoms with Crippen LogP contribution in [-0.2, 0) is 6.42 Å². The lowest BCUT2D eigenvalue weighted by molar-refractivity contribution is 0.592. The van der Waals surface area contributed by atoms with Crippen LogP contribution in [0.25, 0.3) is 0 Å². The number of hydrogen-bond donors (Lipinski definition) is 2. The minimum atomic E-state index is -0.691. The number of hydrogen-bond acceptors (Lipinski definition) is 2. The topological polar surface area (TPSA) is 38.0 Å². The summed E-state index contributed by atoms with van der Waals surface area (Å²) in [5.74, 6) is -1.38. The Hall–Kier alpha value is -2.10. The number of nitrogens with one attached hydrogen (secondary N) is 1. The van der Waals surface area contributed by atoms with Gasteiger partial charge in [-0.1, -0.05) is 31.5 Å². The zero-order valence-corrected chi connectivity index (χ0v) is 10.7. The van der Waals surface area contributed by atoms with Crippen LogP contribution in [0.3, 0.4) is 0 Å². The molecule has 0 unspecified atom stereocenters. The van der Waals surface area contributed by atoms with Gasteiger partial charge in [0, 0.05) is 11.4 Å². The van der Waals surface area contributed by atoms with Gasteiger partial charge >= 0.3 is 0 Å². The molecule has 3 N–H and O–H groups in total. The van der Waals surface area contributed by atoms with Crippen LogP contribution >= 0.6 is 0 Å². The molecule has 0 aliphatic rings. The molecule has 0 fully saturated rings. The lowest BCUT2D eigenvalue weighted by atomic mass is 10.1. The number of nitrogen functional groups attached to an aromatic ring is 1. The van der Waals surface area contributed by atoms with Gasteiger partial charge in [0.2, 0.25) is 0 Å². The van der Waals surface area contributed by atoms with Crippen LogP contribution in [0, 0.1) is 11.6 Å². The molecule has 0 atom stereocenters. The molecule has 19 heavy (non-hydrogen) atoms. The Morgan fingerprint density at radius 1 is 1.11 bits per heavy atom. The van der Waals surface area contributed by atoms with Gasteiger partial charge in [0.1, 0.15) is 5.69 Å². The van der Waals surface area contributed by atoms with Crippen LogP contribution in [0.2, 0.25) is 0 Å². The second-order valence-corrected chi connectivity index (χ2v) is 4.39. The van der Waals surface area contributed by atoms with Crippen molar-refractivity contribution >= 4 is 17.1 Å². The van der Waals surface area contributed by atoms with E-state index in [4.69, 9.17) is 5.73 Å². The van der Waals surface area contributed by atoms with Gasteiger partial charge in [-0.25, -0.2) is 8.78 Å². The van der Waals surface area contributed by atoms with E-state index in [-0.39, 0.29) is 11.4 Å². The predicted octanol–water partition coefficient (Wildman–Crippen LogP) is 4.24. The molecule has 0 aliphatic heterocycles. The van der Waals surface area contributed by atoms with Crippen LogP contribution in [0.1, 0.15) is 18.9 Å². The molecule has 2 nitrogen and oxygen atoms in total. The van der Waals surface area contributed by atoms with Crippen molar-refractivity contribution in [3.05, 3.63) is 53.6 Å². The lowest BCUT2D eigenvalue weighted by Crippen LogP contribution is -2.02. The molecule has 0 aliphatic carbocycles. The molecule has 0 spiro atoms. The fourth-order valence-corrected chi connectivity index (χ4v) is 1.98. The molecular formula is C15H16F2N2. The summed E-state index contributed by atoms with van der Waals surface area (Å²) in [6, 6.07) is 9.70. The standard InChI is InChI=1S/C15H16F2N2/c1-2-5-10-6-3-4-7-14(10)19-15-12(16)8-11(18)9-13(15)17/h3-4,6-9,19H,2,5,18H2,1H3. The highest BCUT2D eigenvalue weighted by molar-refractivity contribution is 5.66. The lowest BCUT2D eigenvalue weighted by Gasteiger charge is -2.13. The number of aryl methyl sites for hydroxylation is 1. The summed E-state index contributed by atoms with van der Waals surface area (Å²) in [4.78, 5) is 0. The van der Waals surface area contributed by atoms with E-state index >= 15 is 0 Å². The Bertz CT molecular complexity index is 559. The molecule has 2 rings (SSSR count). The van der Waals surface area contributed by atoms with Gasteiger partial charge in [-0.15, -0.1) is 0 Å². The van der Waals surface area contributed by atoms with Gasteiger partial charge < -0.3 is 11.1 Å². The molecule has 0 heterocycles. The molecule has 0 saturated carbocycles. The minimum Gasteiger partial charge on any atom is -0.399 e. The number of benzene rings is 2. The van der Waals surface area contributed by atoms with Crippen LogP contribution in [0.15, 0.2) is 36.4 Å². The Morgan fingerprint density at radius 3 is 2.37 bits per heavy atom. The van der Waals surface area contributed by atoms with Gasteiger partial charge in [-0.2, -0.15) is 0 Å². The largest absolute Gasteiger partial charge is 0.399 e. The van der Waals surface area contributed by atoms with Gasteiger partial charge in [0.25, 0.3) is 0 Å². The Kier molecular flexibility index (Phi) is 4.00. The first kappa shape index (κ1) is 13.3. The Morgan fingerprint density at radius 2 is 1.74 bits per heavy atom. The SMILES string of the molecule is CCCc1ccccc1Nc1c(F)cc(N)cc1F. The van der Waals surface area contributed by atoms with Gasteiger partial charge in [-0.05, 0) is 30.2 Å². The van der Waals surface area contributed by atoms with E-state index in [1.807, 2.05) is 18.2 Å². The molecular weight excluding hydrogens is 246 g/mol. The highest BCUT2D eigenvalue weighted by Gasteiger charge is 2.11. The third-order valence-electron chi connectivity index (χ3n) is 2.86. The number of anilines is 3. The van der Waals surface area contributed by atoms with Crippen molar-refractivity contribution in [3.8, 4) is 0 Å². The Labute approximate surface area is 111 Å². The fraction of sp³-hybridized carbons (Fsp3) is 0.200. The molecule has 0 saturated heterocycles. The van der Waals surface area contributed by atoms with E-state index in [1.54, 1.807) is 6.07 Å². The summed E-state index contributed by atoms with van der Waals surface area (Å²) in [6.45, 7) is 2.06. The van der Waals surface area contributed by atoms with Crippen molar-refractivity contribution in [2.45, 2.75) is 19.8 Å². The average Bonchev–Trinajstić information content (AvgIpc) is 2.36. The Balaban J connectivity index is 2.36. The van der Waals surface area contributed by atoms with Gasteiger partial charge in [0.05, 0.1) is 0 Å². The second kappa shape index (κ2) is 5.69. The summed E-state index contributed by atoms with van der Waals surface area (Å²) in [5, 5.41) is 2.82. The summed E-state index contributed by atoms with van der Waals surface area (Å²) in [7, 11) is 0. The van der Waals surface area contributed by atoms with E-state index in [1.165, 1.54) is 0 Å². The second-order valence-electron chi connectivity index (χ2n) is 4.39. The monoisotopic (exact) mass is 262 g/mol. The van der Waals surface area contributed by atoms with Gasteiger partial charge in [-0.3, -0.25) is 0 Å². The van der Waals surface area contributed by atoms with Crippen molar-refractivity contribution in [1.82, 2.24) is 0 Å². The van der Waals surface area contributed by atoms with Crippen molar-refractivity contribution in [2.24, 2.45) is 0 Å². The molecule has 100 valence electrons. The highest BCUT2D eigenvalue weighted by atomic mass is 19.1. The summed E-state index contributed by atoms with van der Waals surface area (Å²) in [5.41, 5.74) is 7.04. The first-order chi connectivity index (χ1) is 9.11. The minimum absolute atomic E-state index is 0.0717. The number of para-hydroxylation sites is 1. The number of halogens is 2. The molecule has 0 radical (unpaired) electrons. The smallest absolute Gasteiger partial charge is 0.151 e. The molecule has 0 bridgehead atoms. The summed E-state index contributed by atoms with van der Waals surface area (Å²) < 4.78 is 27.5. The van der Waals surface area contributed by atoms with Crippen molar-refractivity contribution < 1.29 is 8.78 Å². The molecule has 2 aromatic rings. The quantitative estimate of drug-likeness (QED) is 0.809. The van der Waals surface area contributed by atoms with Crippen LogP contribution < -0.4 is 11.1 Å². The van der Waals surface area contributed by atoms with E-state index in [0.29, 0.717) is 5.69 Å². The van der Waals surface area contributed by atoms with Crippen molar-refractivity contribution in [3.63, 3.8) is 0 Å². The number of nitrogens with two attached hydrogens (primary N) is 1. The van der Waals surface area contributed by atoms with E-state index in [9.17, 15) is 8.78 Å². The highest BCUT2D eigenvalue weighted by Crippen LogP contribution is 2.27. The third kappa shape index (κ3) is 3.02. The van der Waals surface area contributed by atoms with Crippen molar-refractivity contribution in [2.75, 3.05) is 11.1 Å². The summed E-state index contributed by atoms with van der Waals surface area (Å²) >= 11 is 0. The molecule has 4 heteroatoms. The fourth-order valence-electron chi connectivity index (χ4n) is 1.98. The zero-order chi connectivity index (χ0) is 13.8. The zero-order valence-electron chi connectivity index (χ0n) is 10.7. The normalized spacial score (nSPS) is 10.5.